The molecular weight excluding hydrogens is 368 g/mol. The van der Waals surface area contributed by atoms with Crippen LogP contribution in [-0.4, -0.2) is 12.0 Å². The van der Waals surface area contributed by atoms with Crippen molar-refractivity contribution in [2.45, 2.75) is 0 Å². The third-order valence-corrected chi connectivity index (χ3v) is 4.11. The fraction of sp³-hybridized carbons (Fsp3) is 0.0500. The van der Waals surface area contributed by atoms with E-state index in [9.17, 15) is 15.4 Å². The van der Waals surface area contributed by atoms with E-state index in [0.29, 0.717) is 39.0 Å². The Morgan fingerprint density at radius 2 is 1.96 bits per heavy atom. The number of nitriles is 1. The number of hydrogen-bond acceptors (Lipinski definition) is 5. The molecule has 27 heavy (non-hydrogen) atoms. The minimum Gasteiger partial charge on any atom is -0.497 e. The Morgan fingerprint density at radius 1 is 1.22 bits per heavy atom. The van der Waals surface area contributed by atoms with Crippen LogP contribution in [0.5, 0.6) is 5.75 Å². The van der Waals surface area contributed by atoms with Crippen molar-refractivity contribution in [3.8, 4) is 23.1 Å². The van der Waals surface area contributed by atoms with Crippen LogP contribution < -0.4 is 4.74 Å². The predicted molar refractivity (Wildman–Crippen MR) is 102 cm³/mol. The summed E-state index contributed by atoms with van der Waals surface area (Å²) >= 11 is 5.87. The Balaban J connectivity index is 1.99. The van der Waals surface area contributed by atoms with Crippen LogP contribution in [0, 0.1) is 21.4 Å². The lowest BCUT2D eigenvalue weighted by atomic mass is 10.1. The standard InChI is InChI=1S/C20H13ClN2O4/c1-26-16-6-8-18(19(11-16)23(24)25)20-9-7-17(27-20)10-14(12-22)13-2-4-15(21)5-3-13/h2-11H,1H3/b14-10-. The maximum absolute atomic E-state index is 11.3. The fourth-order valence-corrected chi connectivity index (χ4v) is 2.65. The van der Waals surface area contributed by atoms with E-state index < -0.39 is 4.92 Å². The summed E-state index contributed by atoms with van der Waals surface area (Å²) in [5.74, 6) is 1.11. The van der Waals surface area contributed by atoms with Gasteiger partial charge in [-0.15, -0.1) is 0 Å². The van der Waals surface area contributed by atoms with E-state index >= 15 is 0 Å². The van der Waals surface area contributed by atoms with Crippen molar-refractivity contribution in [3.63, 3.8) is 0 Å². The van der Waals surface area contributed by atoms with Crippen molar-refractivity contribution in [1.29, 1.82) is 5.26 Å². The summed E-state index contributed by atoms with van der Waals surface area (Å²) in [5, 5.41) is 21.3. The van der Waals surface area contributed by atoms with Gasteiger partial charge in [0.25, 0.3) is 5.69 Å². The van der Waals surface area contributed by atoms with Gasteiger partial charge >= 0.3 is 0 Å². The van der Waals surface area contributed by atoms with Gasteiger partial charge in [-0.05, 0) is 48.0 Å². The van der Waals surface area contributed by atoms with Gasteiger partial charge in [0.2, 0.25) is 0 Å². The molecule has 3 rings (SSSR count). The molecule has 0 radical (unpaired) electrons. The van der Waals surface area contributed by atoms with Crippen molar-refractivity contribution < 1.29 is 14.1 Å². The van der Waals surface area contributed by atoms with Crippen molar-refractivity contribution in [1.82, 2.24) is 0 Å². The van der Waals surface area contributed by atoms with Crippen molar-refractivity contribution in [2.24, 2.45) is 0 Å². The smallest absolute Gasteiger partial charge is 0.284 e. The maximum Gasteiger partial charge on any atom is 0.284 e. The molecule has 0 N–H and O–H groups in total. The molecule has 134 valence electrons. The van der Waals surface area contributed by atoms with E-state index in [1.807, 2.05) is 0 Å². The van der Waals surface area contributed by atoms with E-state index in [1.165, 1.54) is 13.2 Å². The number of benzene rings is 2. The first-order chi connectivity index (χ1) is 13.0. The molecule has 0 spiro atoms. The van der Waals surface area contributed by atoms with Crippen molar-refractivity contribution >= 4 is 28.9 Å². The lowest BCUT2D eigenvalue weighted by molar-refractivity contribution is -0.384. The zero-order valence-electron chi connectivity index (χ0n) is 14.2. The fourth-order valence-electron chi connectivity index (χ4n) is 2.52. The first-order valence-electron chi connectivity index (χ1n) is 7.82. The van der Waals surface area contributed by atoms with Gasteiger partial charge in [-0.1, -0.05) is 23.7 Å². The molecule has 0 bridgehead atoms. The Hall–Kier alpha value is -3.56. The van der Waals surface area contributed by atoms with Gasteiger partial charge in [0.1, 0.15) is 17.3 Å². The molecule has 3 aromatic rings. The second-order valence-corrected chi connectivity index (χ2v) is 5.96. The van der Waals surface area contributed by atoms with Crippen molar-refractivity contribution in [2.75, 3.05) is 7.11 Å². The molecule has 1 aromatic heterocycles. The van der Waals surface area contributed by atoms with Gasteiger partial charge in [0.15, 0.2) is 0 Å². The highest BCUT2D eigenvalue weighted by Gasteiger charge is 2.19. The van der Waals surface area contributed by atoms with E-state index in [-0.39, 0.29) is 5.69 Å². The molecule has 2 aromatic carbocycles. The number of rotatable bonds is 5. The van der Waals surface area contributed by atoms with E-state index in [1.54, 1.807) is 54.6 Å². The first-order valence-corrected chi connectivity index (χ1v) is 8.20. The molecule has 1 heterocycles. The molecule has 6 nitrogen and oxygen atoms in total. The van der Waals surface area contributed by atoms with Crippen LogP contribution in [0.2, 0.25) is 5.02 Å². The number of hydrogen-bond donors (Lipinski definition) is 0. The molecular formula is C20H13ClN2O4. The van der Waals surface area contributed by atoms with E-state index in [4.69, 9.17) is 20.8 Å². The van der Waals surface area contributed by atoms with Crippen LogP contribution in [0.25, 0.3) is 23.0 Å². The van der Waals surface area contributed by atoms with Crippen LogP contribution in [0.4, 0.5) is 5.69 Å². The van der Waals surface area contributed by atoms with Crippen LogP contribution in [0.1, 0.15) is 11.3 Å². The maximum atomic E-state index is 11.3. The van der Waals surface area contributed by atoms with Crippen LogP contribution in [0.3, 0.4) is 0 Å². The largest absolute Gasteiger partial charge is 0.497 e. The Labute approximate surface area is 160 Å². The molecule has 0 saturated carbocycles. The predicted octanol–water partition coefficient (Wildman–Crippen LogP) is 5.58. The third kappa shape index (κ3) is 4.00. The molecule has 0 atom stereocenters. The molecule has 7 heteroatoms. The van der Waals surface area contributed by atoms with Crippen LogP contribution in [0.15, 0.2) is 59.0 Å². The second kappa shape index (κ2) is 7.77. The summed E-state index contributed by atoms with van der Waals surface area (Å²) in [4.78, 5) is 10.9. The highest BCUT2D eigenvalue weighted by atomic mass is 35.5. The van der Waals surface area contributed by atoms with Gasteiger partial charge in [0, 0.05) is 5.02 Å². The minimum atomic E-state index is -0.496. The molecule has 0 unspecified atom stereocenters. The first kappa shape index (κ1) is 18.2. The number of ether oxygens (including phenoxy) is 1. The highest BCUT2D eigenvalue weighted by molar-refractivity contribution is 6.30. The lowest BCUT2D eigenvalue weighted by Crippen LogP contribution is -1.93. The lowest BCUT2D eigenvalue weighted by Gasteiger charge is -2.03. The van der Waals surface area contributed by atoms with E-state index in [0.717, 1.165) is 0 Å². The zero-order chi connectivity index (χ0) is 19.4. The topological polar surface area (TPSA) is 89.3 Å². The molecule has 0 saturated heterocycles. The Kier molecular flexibility index (Phi) is 5.25. The average Bonchev–Trinajstić information content (AvgIpc) is 3.14. The summed E-state index contributed by atoms with van der Waals surface area (Å²) in [6, 6.07) is 16.7. The summed E-state index contributed by atoms with van der Waals surface area (Å²) < 4.78 is 10.7. The van der Waals surface area contributed by atoms with Gasteiger partial charge in [0.05, 0.1) is 35.3 Å². The molecule has 0 aliphatic heterocycles. The Bertz CT molecular complexity index is 1060. The quantitative estimate of drug-likeness (QED) is 0.327. The van der Waals surface area contributed by atoms with Crippen molar-refractivity contribution in [3.05, 3.63) is 81.1 Å². The summed E-state index contributed by atoms with van der Waals surface area (Å²) in [6.07, 6.45) is 1.57. The number of furan rings is 1. The van der Waals surface area contributed by atoms with Gasteiger partial charge in [-0.25, -0.2) is 0 Å². The molecule has 0 aliphatic carbocycles. The van der Waals surface area contributed by atoms with Gasteiger partial charge in [-0.2, -0.15) is 5.26 Å². The zero-order valence-corrected chi connectivity index (χ0v) is 14.9. The normalized spacial score (nSPS) is 11.1. The second-order valence-electron chi connectivity index (χ2n) is 5.52. The number of allylic oxidation sites excluding steroid dienone is 1. The molecule has 0 amide bonds. The van der Waals surface area contributed by atoms with Crippen LogP contribution in [-0.2, 0) is 0 Å². The average molecular weight is 381 g/mol. The number of nitro groups is 1. The third-order valence-electron chi connectivity index (χ3n) is 3.86. The molecule has 0 aliphatic rings. The monoisotopic (exact) mass is 380 g/mol. The highest BCUT2D eigenvalue weighted by Crippen LogP contribution is 2.34. The van der Waals surface area contributed by atoms with Crippen LogP contribution >= 0.6 is 11.6 Å². The minimum absolute atomic E-state index is 0.127. The summed E-state index contributed by atoms with van der Waals surface area (Å²) in [5.41, 5.74) is 1.27. The number of halogens is 1. The van der Waals surface area contributed by atoms with E-state index in [2.05, 4.69) is 6.07 Å². The number of methoxy groups -OCH3 is 1. The number of nitro benzene ring substituents is 1. The van der Waals surface area contributed by atoms with Gasteiger partial charge < -0.3 is 9.15 Å². The summed E-state index contributed by atoms with van der Waals surface area (Å²) in [6.45, 7) is 0. The Morgan fingerprint density at radius 3 is 2.59 bits per heavy atom. The number of nitrogens with zero attached hydrogens (tertiary/aromatic N) is 2. The summed E-state index contributed by atoms with van der Waals surface area (Å²) in [7, 11) is 1.44. The van der Waals surface area contributed by atoms with Gasteiger partial charge in [-0.3, -0.25) is 10.1 Å². The molecule has 0 fully saturated rings. The SMILES string of the molecule is COc1ccc(-c2ccc(/C=C(/C#N)c3ccc(Cl)cc3)o2)c([N+](=O)[O-])c1.